The minimum atomic E-state index is 0.868. The van der Waals surface area contributed by atoms with Crippen molar-refractivity contribution in [3.63, 3.8) is 0 Å². The zero-order chi connectivity index (χ0) is 8.97. The maximum Gasteiger partial charge on any atom is 0.130 e. The van der Waals surface area contributed by atoms with Gasteiger partial charge in [0, 0.05) is 11.9 Å². The fourth-order valence-electron chi connectivity index (χ4n) is 0.811. The van der Waals surface area contributed by atoms with Crippen LogP contribution in [-0.4, -0.2) is 4.98 Å². The highest BCUT2D eigenvalue weighted by atomic mass is 15.0. The Morgan fingerprint density at radius 3 is 2.83 bits per heavy atom. The average molecular weight is 162 g/mol. The highest BCUT2D eigenvalue weighted by Gasteiger charge is 1.93. The van der Waals surface area contributed by atoms with Gasteiger partial charge >= 0.3 is 0 Å². The van der Waals surface area contributed by atoms with Crippen molar-refractivity contribution in [2.75, 3.05) is 5.32 Å². The van der Waals surface area contributed by atoms with E-state index < -0.39 is 0 Å². The van der Waals surface area contributed by atoms with Crippen LogP contribution >= 0.6 is 0 Å². The quantitative estimate of drug-likeness (QED) is 0.739. The fraction of sp³-hybridized carbons (Fsp3) is 0.300. The van der Waals surface area contributed by atoms with Crippen molar-refractivity contribution in [2.24, 2.45) is 0 Å². The first-order chi connectivity index (χ1) is 5.72. The van der Waals surface area contributed by atoms with E-state index in [-0.39, 0.29) is 0 Å². The monoisotopic (exact) mass is 162 g/mol. The topological polar surface area (TPSA) is 24.9 Å². The van der Waals surface area contributed by atoms with Crippen LogP contribution in [0, 0.1) is 6.92 Å². The second-order valence-electron chi connectivity index (χ2n) is 2.80. The summed E-state index contributed by atoms with van der Waals surface area (Å²) in [5, 5.41) is 3.11. The Bertz CT molecular complexity index is 262. The summed E-state index contributed by atoms with van der Waals surface area (Å²) in [4.78, 5) is 4.19. The molecule has 12 heavy (non-hydrogen) atoms. The van der Waals surface area contributed by atoms with Crippen LogP contribution in [0.1, 0.15) is 18.9 Å². The van der Waals surface area contributed by atoms with E-state index in [9.17, 15) is 0 Å². The SMILES string of the molecule is C=C(CC)Nc1ccc(C)cn1. The summed E-state index contributed by atoms with van der Waals surface area (Å²) in [6.45, 7) is 7.92. The van der Waals surface area contributed by atoms with Gasteiger partial charge in [-0.2, -0.15) is 0 Å². The van der Waals surface area contributed by atoms with Gasteiger partial charge in [0.25, 0.3) is 0 Å². The predicted molar refractivity (Wildman–Crippen MR) is 52.0 cm³/mol. The molecule has 0 amide bonds. The minimum Gasteiger partial charge on any atom is -0.344 e. The van der Waals surface area contributed by atoms with Crippen molar-refractivity contribution in [3.8, 4) is 0 Å². The molecule has 0 spiro atoms. The average Bonchev–Trinajstić information content (AvgIpc) is 2.09. The zero-order valence-corrected chi connectivity index (χ0v) is 7.59. The van der Waals surface area contributed by atoms with Crippen molar-refractivity contribution in [1.82, 2.24) is 4.98 Å². The van der Waals surface area contributed by atoms with Crippen LogP contribution < -0.4 is 5.32 Å². The summed E-state index contributed by atoms with van der Waals surface area (Å²) in [6.07, 6.45) is 2.76. The van der Waals surface area contributed by atoms with Gasteiger partial charge in [0.05, 0.1) is 0 Å². The molecule has 64 valence electrons. The van der Waals surface area contributed by atoms with Gasteiger partial charge < -0.3 is 5.32 Å². The molecule has 2 nitrogen and oxygen atoms in total. The molecule has 0 aliphatic rings. The molecular formula is C10H14N2. The summed E-state index contributed by atoms with van der Waals surface area (Å²) in [5.41, 5.74) is 2.16. The summed E-state index contributed by atoms with van der Waals surface area (Å²) >= 11 is 0. The number of rotatable bonds is 3. The van der Waals surface area contributed by atoms with Crippen LogP contribution in [0.4, 0.5) is 5.82 Å². The molecule has 0 fully saturated rings. The van der Waals surface area contributed by atoms with Crippen LogP contribution in [-0.2, 0) is 0 Å². The van der Waals surface area contributed by atoms with Crippen LogP contribution in [0.25, 0.3) is 0 Å². The second-order valence-corrected chi connectivity index (χ2v) is 2.80. The largest absolute Gasteiger partial charge is 0.344 e. The Hall–Kier alpha value is -1.31. The molecule has 0 unspecified atom stereocenters. The van der Waals surface area contributed by atoms with Gasteiger partial charge in [0.15, 0.2) is 0 Å². The minimum absolute atomic E-state index is 0.868. The first kappa shape index (κ1) is 8.78. The fourth-order valence-corrected chi connectivity index (χ4v) is 0.811. The third-order valence-electron chi connectivity index (χ3n) is 1.64. The highest BCUT2D eigenvalue weighted by Crippen LogP contribution is 2.07. The van der Waals surface area contributed by atoms with Crippen LogP contribution in [0.15, 0.2) is 30.6 Å². The van der Waals surface area contributed by atoms with E-state index in [1.165, 1.54) is 5.56 Å². The molecule has 0 atom stereocenters. The van der Waals surface area contributed by atoms with Crippen LogP contribution in [0.3, 0.4) is 0 Å². The third kappa shape index (κ3) is 2.38. The molecule has 1 heterocycles. The Labute approximate surface area is 73.3 Å². The summed E-state index contributed by atoms with van der Waals surface area (Å²) in [7, 11) is 0. The molecule has 0 saturated carbocycles. The number of aryl methyl sites for hydroxylation is 1. The lowest BCUT2D eigenvalue weighted by atomic mass is 10.3. The summed E-state index contributed by atoms with van der Waals surface area (Å²) < 4.78 is 0. The van der Waals surface area contributed by atoms with E-state index in [0.717, 1.165) is 17.9 Å². The van der Waals surface area contributed by atoms with Gasteiger partial charge in [-0.1, -0.05) is 19.6 Å². The Kier molecular flexibility index (Phi) is 2.86. The number of nitrogens with one attached hydrogen (secondary N) is 1. The van der Waals surface area contributed by atoms with Gasteiger partial charge in [-0.05, 0) is 25.0 Å². The summed E-state index contributed by atoms with van der Waals surface area (Å²) in [5.74, 6) is 0.868. The highest BCUT2D eigenvalue weighted by molar-refractivity contribution is 5.40. The maximum atomic E-state index is 4.19. The molecule has 0 radical (unpaired) electrons. The standard InChI is InChI=1S/C10H14N2/c1-4-9(3)12-10-6-5-8(2)7-11-10/h5-7H,3-4H2,1-2H3,(H,11,12). The summed E-state index contributed by atoms with van der Waals surface area (Å²) in [6, 6.07) is 3.98. The molecule has 0 aromatic carbocycles. The van der Waals surface area contributed by atoms with E-state index in [1.54, 1.807) is 0 Å². The van der Waals surface area contributed by atoms with Gasteiger partial charge in [-0.15, -0.1) is 0 Å². The van der Waals surface area contributed by atoms with Crippen molar-refractivity contribution in [3.05, 3.63) is 36.2 Å². The zero-order valence-electron chi connectivity index (χ0n) is 7.59. The second kappa shape index (κ2) is 3.90. The lowest BCUT2D eigenvalue weighted by Gasteiger charge is -2.05. The maximum absolute atomic E-state index is 4.19. The Balaban J connectivity index is 2.64. The van der Waals surface area contributed by atoms with E-state index in [4.69, 9.17) is 0 Å². The van der Waals surface area contributed by atoms with E-state index in [2.05, 4.69) is 23.8 Å². The number of nitrogens with zero attached hydrogens (tertiary/aromatic N) is 1. The molecule has 0 aliphatic heterocycles. The number of allylic oxidation sites excluding steroid dienone is 1. The number of hydrogen-bond acceptors (Lipinski definition) is 2. The molecule has 0 aliphatic carbocycles. The Morgan fingerprint density at radius 1 is 1.58 bits per heavy atom. The van der Waals surface area contributed by atoms with Gasteiger partial charge in [0.1, 0.15) is 5.82 Å². The van der Waals surface area contributed by atoms with Gasteiger partial charge in [0.2, 0.25) is 0 Å². The normalized spacial score (nSPS) is 9.50. The first-order valence-corrected chi connectivity index (χ1v) is 4.10. The van der Waals surface area contributed by atoms with Gasteiger partial charge in [-0.25, -0.2) is 4.98 Å². The number of aromatic nitrogens is 1. The molecule has 0 bridgehead atoms. The van der Waals surface area contributed by atoms with Crippen molar-refractivity contribution in [2.45, 2.75) is 20.3 Å². The van der Waals surface area contributed by atoms with Crippen LogP contribution in [0.5, 0.6) is 0 Å². The molecule has 2 heteroatoms. The molecule has 0 saturated heterocycles. The number of hydrogen-bond donors (Lipinski definition) is 1. The number of pyridine rings is 1. The van der Waals surface area contributed by atoms with Gasteiger partial charge in [-0.3, -0.25) is 0 Å². The predicted octanol–water partition coefficient (Wildman–Crippen LogP) is 2.73. The lowest BCUT2D eigenvalue weighted by Crippen LogP contribution is -1.98. The van der Waals surface area contributed by atoms with Crippen LogP contribution in [0.2, 0.25) is 0 Å². The first-order valence-electron chi connectivity index (χ1n) is 4.10. The van der Waals surface area contributed by atoms with E-state index in [1.807, 2.05) is 25.3 Å². The van der Waals surface area contributed by atoms with E-state index in [0.29, 0.717) is 0 Å². The third-order valence-corrected chi connectivity index (χ3v) is 1.64. The number of anilines is 1. The van der Waals surface area contributed by atoms with E-state index >= 15 is 0 Å². The molecule has 1 aromatic heterocycles. The molecular weight excluding hydrogens is 148 g/mol. The molecule has 1 aromatic rings. The lowest BCUT2D eigenvalue weighted by molar-refractivity contribution is 1.10. The smallest absolute Gasteiger partial charge is 0.130 e. The Morgan fingerprint density at radius 2 is 2.33 bits per heavy atom. The molecule has 1 N–H and O–H groups in total. The van der Waals surface area contributed by atoms with Crippen molar-refractivity contribution >= 4 is 5.82 Å². The molecule has 1 rings (SSSR count). The van der Waals surface area contributed by atoms with Crippen molar-refractivity contribution in [1.29, 1.82) is 0 Å². The van der Waals surface area contributed by atoms with Crippen molar-refractivity contribution < 1.29 is 0 Å².